The molecule has 3 rings (SSSR count). The van der Waals surface area contributed by atoms with Crippen LogP contribution in [0.4, 0.5) is 0 Å². The van der Waals surface area contributed by atoms with Gasteiger partial charge in [0, 0.05) is 23.9 Å². The van der Waals surface area contributed by atoms with Crippen molar-refractivity contribution in [2.75, 3.05) is 7.05 Å². The number of nitrogens with one attached hydrogen (secondary N) is 1. The summed E-state index contributed by atoms with van der Waals surface area (Å²) in [7, 11) is 2.09. The molecule has 2 unspecified atom stereocenters. The number of benzene rings is 1. The van der Waals surface area contributed by atoms with E-state index in [0.717, 1.165) is 6.42 Å². The monoisotopic (exact) mass is 280 g/mol. The number of likely N-dealkylation sites (N-methyl/N-ethyl adjacent to an activating group) is 1. The van der Waals surface area contributed by atoms with E-state index in [1.54, 1.807) is 0 Å². The Morgan fingerprint density at radius 3 is 2.90 bits per heavy atom. The molecular formula is C19H24N2. The second kappa shape index (κ2) is 6.40. The molecular weight excluding hydrogens is 256 g/mol. The number of nitrogens with zero attached hydrogens (tertiary/aromatic N) is 1. The van der Waals surface area contributed by atoms with Gasteiger partial charge in [-0.25, -0.2) is 0 Å². The molecule has 2 atom stereocenters. The molecule has 0 saturated carbocycles. The second-order valence-corrected chi connectivity index (χ2v) is 6.05. The number of pyridine rings is 1. The number of rotatable bonds is 5. The Morgan fingerprint density at radius 2 is 2.10 bits per heavy atom. The zero-order valence-corrected chi connectivity index (χ0v) is 13.0. The van der Waals surface area contributed by atoms with Gasteiger partial charge in [0.05, 0.1) is 0 Å². The maximum absolute atomic E-state index is 4.64. The lowest BCUT2D eigenvalue weighted by Crippen LogP contribution is -2.32. The second-order valence-electron chi connectivity index (χ2n) is 6.05. The Balaban J connectivity index is 1.71. The van der Waals surface area contributed by atoms with Crippen LogP contribution in [0, 0.1) is 6.92 Å². The number of fused-ring (bicyclic) bond motifs is 1. The minimum Gasteiger partial charge on any atom is -0.316 e. The number of hydrogen-bond acceptors (Lipinski definition) is 2. The number of hydrogen-bond donors (Lipinski definition) is 1. The normalized spacial score (nSPS) is 18.5. The van der Waals surface area contributed by atoms with Crippen LogP contribution in [-0.4, -0.2) is 18.1 Å². The van der Waals surface area contributed by atoms with Gasteiger partial charge in [0.1, 0.15) is 0 Å². The highest BCUT2D eigenvalue weighted by atomic mass is 14.9. The molecule has 0 spiro atoms. The van der Waals surface area contributed by atoms with E-state index in [1.165, 1.54) is 41.6 Å². The van der Waals surface area contributed by atoms with E-state index in [4.69, 9.17) is 0 Å². The van der Waals surface area contributed by atoms with Crippen LogP contribution in [0.1, 0.15) is 41.1 Å². The smallest absolute Gasteiger partial charge is 0.0482 e. The fourth-order valence-corrected chi connectivity index (χ4v) is 3.58. The first-order valence-corrected chi connectivity index (χ1v) is 7.95. The lowest BCUT2D eigenvalue weighted by atomic mass is 9.91. The molecule has 0 radical (unpaired) electrons. The van der Waals surface area contributed by atoms with E-state index in [0.29, 0.717) is 12.0 Å². The molecule has 0 fully saturated rings. The molecule has 1 N–H and O–H groups in total. The van der Waals surface area contributed by atoms with Crippen molar-refractivity contribution in [3.63, 3.8) is 0 Å². The summed E-state index contributed by atoms with van der Waals surface area (Å²) >= 11 is 0. The molecule has 110 valence electrons. The van der Waals surface area contributed by atoms with Crippen molar-refractivity contribution < 1.29 is 0 Å². The van der Waals surface area contributed by atoms with Gasteiger partial charge in [0.15, 0.2) is 0 Å². The van der Waals surface area contributed by atoms with Gasteiger partial charge in [0.2, 0.25) is 0 Å². The first-order chi connectivity index (χ1) is 10.3. The molecule has 1 aromatic carbocycles. The largest absolute Gasteiger partial charge is 0.316 e. The summed E-state index contributed by atoms with van der Waals surface area (Å²) in [5.74, 6) is 0.565. The summed E-state index contributed by atoms with van der Waals surface area (Å²) < 4.78 is 0. The van der Waals surface area contributed by atoms with Gasteiger partial charge in [-0.3, -0.25) is 4.98 Å². The molecule has 0 bridgehead atoms. The van der Waals surface area contributed by atoms with Crippen LogP contribution in [0.25, 0.3) is 0 Å². The first kappa shape index (κ1) is 14.3. The quantitative estimate of drug-likeness (QED) is 0.904. The van der Waals surface area contributed by atoms with Crippen molar-refractivity contribution in [1.29, 1.82) is 0 Å². The number of aromatic nitrogens is 1. The Morgan fingerprint density at radius 1 is 1.24 bits per heavy atom. The lowest BCUT2D eigenvalue weighted by Gasteiger charge is -2.23. The van der Waals surface area contributed by atoms with E-state index in [9.17, 15) is 0 Å². The fraction of sp³-hybridized carbons (Fsp3) is 0.421. The maximum Gasteiger partial charge on any atom is 0.0482 e. The summed E-state index contributed by atoms with van der Waals surface area (Å²) in [6.07, 6.45) is 6.64. The van der Waals surface area contributed by atoms with Crippen molar-refractivity contribution >= 4 is 0 Å². The van der Waals surface area contributed by atoms with E-state index >= 15 is 0 Å². The highest BCUT2D eigenvalue weighted by Crippen LogP contribution is 2.35. The van der Waals surface area contributed by atoms with Crippen molar-refractivity contribution in [3.8, 4) is 0 Å². The Hall–Kier alpha value is -1.67. The fourth-order valence-electron chi connectivity index (χ4n) is 3.58. The van der Waals surface area contributed by atoms with E-state index in [1.807, 2.05) is 6.20 Å². The predicted octanol–water partition coefficient (Wildman–Crippen LogP) is 3.64. The highest BCUT2D eigenvalue weighted by molar-refractivity contribution is 5.30. The van der Waals surface area contributed by atoms with E-state index in [2.05, 4.69) is 60.7 Å². The average molecular weight is 280 g/mol. The maximum atomic E-state index is 4.64. The van der Waals surface area contributed by atoms with Crippen LogP contribution in [0.5, 0.6) is 0 Å². The summed E-state index contributed by atoms with van der Waals surface area (Å²) in [6, 6.07) is 13.5. The minimum absolute atomic E-state index is 0.515. The molecule has 1 aromatic heterocycles. The van der Waals surface area contributed by atoms with Crippen molar-refractivity contribution in [2.24, 2.45) is 0 Å². The Bertz CT molecular complexity index is 606. The van der Waals surface area contributed by atoms with Crippen molar-refractivity contribution in [3.05, 3.63) is 65.0 Å². The van der Waals surface area contributed by atoms with E-state index < -0.39 is 0 Å². The van der Waals surface area contributed by atoms with Crippen molar-refractivity contribution in [2.45, 2.75) is 44.6 Å². The van der Waals surface area contributed by atoms with Gasteiger partial charge < -0.3 is 5.32 Å². The van der Waals surface area contributed by atoms with E-state index in [-0.39, 0.29) is 0 Å². The molecule has 0 saturated heterocycles. The summed E-state index contributed by atoms with van der Waals surface area (Å²) in [5, 5.41) is 3.53. The van der Waals surface area contributed by atoms with Gasteiger partial charge in [0.25, 0.3) is 0 Å². The van der Waals surface area contributed by atoms with Gasteiger partial charge in [-0.05, 0) is 62.4 Å². The van der Waals surface area contributed by atoms with Gasteiger partial charge >= 0.3 is 0 Å². The molecule has 2 nitrogen and oxygen atoms in total. The number of aryl methyl sites for hydroxylation is 3. The third-order valence-electron chi connectivity index (χ3n) is 4.84. The van der Waals surface area contributed by atoms with Crippen LogP contribution in [0.2, 0.25) is 0 Å². The Labute approximate surface area is 127 Å². The topological polar surface area (TPSA) is 24.9 Å². The van der Waals surface area contributed by atoms with Crippen LogP contribution in [0.3, 0.4) is 0 Å². The molecule has 0 amide bonds. The van der Waals surface area contributed by atoms with Crippen LogP contribution in [-0.2, 0) is 12.8 Å². The molecule has 21 heavy (non-hydrogen) atoms. The molecule has 1 aliphatic carbocycles. The standard InChI is InChI=1S/C19H24N2/c1-14-6-3-4-7-15(14)10-12-18(20-2)17-11-9-16-8-5-13-21-19(16)17/h3-8,13,17-18,20H,9-12H2,1-2H3. The zero-order chi connectivity index (χ0) is 14.7. The molecule has 1 aliphatic rings. The van der Waals surface area contributed by atoms with Crippen LogP contribution < -0.4 is 5.32 Å². The summed E-state index contributed by atoms with van der Waals surface area (Å²) in [6.45, 7) is 2.20. The lowest BCUT2D eigenvalue weighted by molar-refractivity contribution is 0.427. The minimum atomic E-state index is 0.515. The van der Waals surface area contributed by atoms with Crippen LogP contribution in [0.15, 0.2) is 42.6 Å². The SMILES string of the molecule is CNC(CCc1ccccc1C)C1CCc2cccnc21. The first-order valence-electron chi connectivity index (χ1n) is 7.95. The third-order valence-corrected chi connectivity index (χ3v) is 4.84. The highest BCUT2D eigenvalue weighted by Gasteiger charge is 2.29. The van der Waals surface area contributed by atoms with Crippen LogP contribution >= 0.6 is 0 Å². The molecule has 2 aromatic rings. The Kier molecular flexibility index (Phi) is 4.35. The predicted molar refractivity (Wildman–Crippen MR) is 87.6 cm³/mol. The van der Waals surface area contributed by atoms with Gasteiger partial charge in [-0.1, -0.05) is 30.3 Å². The average Bonchev–Trinajstić information content (AvgIpc) is 2.94. The third kappa shape index (κ3) is 3.01. The molecule has 1 heterocycles. The molecule has 0 aliphatic heterocycles. The summed E-state index contributed by atoms with van der Waals surface area (Å²) in [4.78, 5) is 4.64. The summed E-state index contributed by atoms with van der Waals surface area (Å²) in [5.41, 5.74) is 5.63. The van der Waals surface area contributed by atoms with Crippen molar-refractivity contribution in [1.82, 2.24) is 10.3 Å². The van der Waals surface area contributed by atoms with Gasteiger partial charge in [-0.15, -0.1) is 0 Å². The van der Waals surface area contributed by atoms with Gasteiger partial charge in [-0.2, -0.15) is 0 Å². The zero-order valence-electron chi connectivity index (χ0n) is 13.0. The molecule has 2 heteroatoms.